The summed E-state index contributed by atoms with van der Waals surface area (Å²) in [4.78, 5) is 26.2. The number of carbonyl (C=O) groups excluding carboxylic acids is 2. The number of hydrogen-bond donors (Lipinski definition) is 1. The van der Waals surface area contributed by atoms with E-state index >= 15 is 0 Å². The molecule has 2 bridgehead atoms. The average Bonchev–Trinajstić information content (AvgIpc) is 3.28. The number of piperidine rings is 1. The molecule has 4 aliphatic rings. The molecule has 1 saturated heterocycles. The molecule has 4 fully saturated rings. The lowest BCUT2D eigenvalue weighted by Crippen LogP contribution is -2.48. The summed E-state index contributed by atoms with van der Waals surface area (Å²) in [6, 6.07) is 0.421. The lowest BCUT2D eigenvalue weighted by atomic mass is 9.79. The van der Waals surface area contributed by atoms with Crippen LogP contribution >= 0.6 is 0 Å². The fourth-order valence-corrected chi connectivity index (χ4v) is 6.07. The minimum absolute atomic E-state index is 0.0641. The molecule has 3 saturated carbocycles. The van der Waals surface area contributed by atoms with E-state index in [2.05, 4.69) is 5.32 Å². The van der Waals surface area contributed by atoms with E-state index in [0.29, 0.717) is 25.7 Å². The SMILES string of the molecule is CCOC(=O)N1CCC(C(=O)N[C@@H]2C[C@H]3C[C@H]2[C@@H]2CCC[C@H]32)CC1. The largest absolute Gasteiger partial charge is 0.450 e. The van der Waals surface area contributed by atoms with Crippen LogP contribution in [0.5, 0.6) is 0 Å². The molecular formula is C19H30N2O3. The van der Waals surface area contributed by atoms with Crippen LogP contribution in [0.2, 0.25) is 0 Å². The molecule has 1 N–H and O–H groups in total. The zero-order valence-electron chi connectivity index (χ0n) is 14.7. The standard InChI is InChI=1S/C19H30N2O3/c1-2-24-19(23)21-8-6-12(7-9-21)18(22)20-17-11-13-10-16(17)15-5-3-4-14(13)15/h12-17H,2-11H2,1H3,(H,20,22)/t13-,14-,15-,16+,17-/m1/s1. The minimum atomic E-state index is -0.239. The van der Waals surface area contributed by atoms with E-state index < -0.39 is 0 Å². The van der Waals surface area contributed by atoms with Gasteiger partial charge >= 0.3 is 6.09 Å². The maximum absolute atomic E-state index is 12.7. The molecule has 24 heavy (non-hydrogen) atoms. The zero-order chi connectivity index (χ0) is 16.7. The van der Waals surface area contributed by atoms with Crippen molar-refractivity contribution in [1.82, 2.24) is 10.2 Å². The number of nitrogens with zero attached hydrogens (tertiary/aromatic N) is 1. The number of amides is 2. The Labute approximate surface area is 144 Å². The van der Waals surface area contributed by atoms with Crippen LogP contribution in [0.15, 0.2) is 0 Å². The molecule has 1 heterocycles. The predicted molar refractivity (Wildman–Crippen MR) is 90.3 cm³/mol. The van der Waals surface area contributed by atoms with Gasteiger partial charge in [0, 0.05) is 25.0 Å². The van der Waals surface area contributed by atoms with Crippen LogP contribution in [0.25, 0.3) is 0 Å². The summed E-state index contributed by atoms with van der Waals surface area (Å²) in [6.45, 7) is 3.50. The highest BCUT2D eigenvalue weighted by Crippen LogP contribution is 2.58. The van der Waals surface area contributed by atoms with Crippen molar-refractivity contribution in [2.75, 3.05) is 19.7 Å². The van der Waals surface area contributed by atoms with Gasteiger partial charge in [-0.2, -0.15) is 0 Å². The average molecular weight is 334 g/mol. The van der Waals surface area contributed by atoms with E-state index in [1.54, 1.807) is 4.90 Å². The maximum atomic E-state index is 12.7. The Morgan fingerprint density at radius 2 is 1.79 bits per heavy atom. The first-order valence-corrected chi connectivity index (χ1v) is 9.89. The quantitative estimate of drug-likeness (QED) is 0.863. The summed E-state index contributed by atoms with van der Waals surface area (Å²) in [5, 5.41) is 3.39. The Morgan fingerprint density at radius 3 is 2.54 bits per heavy atom. The van der Waals surface area contributed by atoms with Crippen LogP contribution in [0, 0.1) is 29.6 Å². The fourth-order valence-electron chi connectivity index (χ4n) is 6.07. The van der Waals surface area contributed by atoms with E-state index in [1.807, 2.05) is 6.92 Å². The van der Waals surface area contributed by atoms with E-state index in [-0.39, 0.29) is 17.9 Å². The normalized spacial score (nSPS) is 38.2. The lowest BCUT2D eigenvalue weighted by Gasteiger charge is -2.35. The van der Waals surface area contributed by atoms with Gasteiger partial charge in [0.05, 0.1) is 6.61 Å². The topological polar surface area (TPSA) is 58.6 Å². The Hall–Kier alpha value is -1.26. The fraction of sp³-hybridized carbons (Fsp3) is 0.895. The Bertz CT molecular complexity index is 501. The van der Waals surface area contributed by atoms with Gasteiger partial charge in [-0.1, -0.05) is 6.42 Å². The number of likely N-dealkylation sites (tertiary alicyclic amines) is 1. The monoisotopic (exact) mass is 334 g/mol. The highest BCUT2D eigenvalue weighted by molar-refractivity contribution is 5.79. The number of ether oxygens (including phenoxy) is 1. The van der Waals surface area contributed by atoms with Crippen LogP contribution < -0.4 is 5.32 Å². The van der Waals surface area contributed by atoms with Crippen molar-refractivity contribution in [2.24, 2.45) is 29.6 Å². The molecule has 5 nitrogen and oxygen atoms in total. The Balaban J connectivity index is 1.27. The van der Waals surface area contributed by atoms with Crippen molar-refractivity contribution in [3.8, 4) is 0 Å². The Morgan fingerprint density at radius 1 is 1.04 bits per heavy atom. The summed E-state index contributed by atoms with van der Waals surface area (Å²) in [6.07, 6.45) is 8.05. The minimum Gasteiger partial charge on any atom is -0.450 e. The molecule has 4 rings (SSSR count). The number of hydrogen-bond acceptors (Lipinski definition) is 3. The van der Waals surface area contributed by atoms with E-state index in [4.69, 9.17) is 4.74 Å². The van der Waals surface area contributed by atoms with Gasteiger partial charge in [0.15, 0.2) is 0 Å². The first-order chi connectivity index (χ1) is 11.7. The number of carbonyl (C=O) groups is 2. The van der Waals surface area contributed by atoms with E-state index in [0.717, 1.165) is 36.5 Å². The molecule has 0 aromatic rings. The number of rotatable bonds is 3. The highest BCUT2D eigenvalue weighted by Gasteiger charge is 2.54. The van der Waals surface area contributed by atoms with E-state index in [9.17, 15) is 9.59 Å². The summed E-state index contributed by atoms with van der Waals surface area (Å²) < 4.78 is 5.04. The number of fused-ring (bicyclic) bond motifs is 5. The lowest BCUT2D eigenvalue weighted by molar-refractivity contribution is -0.127. The molecule has 134 valence electrons. The van der Waals surface area contributed by atoms with Crippen LogP contribution in [0.4, 0.5) is 4.79 Å². The smallest absolute Gasteiger partial charge is 0.409 e. The summed E-state index contributed by atoms with van der Waals surface area (Å²) in [5.74, 6) is 3.76. The van der Waals surface area contributed by atoms with Gasteiger partial charge in [-0.05, 0) is 69.1 Å². The molecule has 0 radical (unpaired) electrons. The van der Waals surface area contributed by atoms with Crippen molar-refractivity contribution < 1.29 is 14.3 Å². The summed E-state index contributed by atoms with van der Waals surface area (Å²) in [5.41, 5.74) is 0. The molecule has 0 aromatic heterocycles. The molecule has 5 heteroatoms. The van der Waals surface area contributed by atoms with E-state index in [1.165, 1.54) is 32.1 Å². The molecular weight excluding hydrogens is 304 g/mol. The molecule has 3 aliphatic carbocycles. The van der Waals surface area contributed by atoms with Crippen molar-refractivity contribution >= 4 is 12.0 Å². The third-order valence-electron chi connectivity index (χ3n) is 7.15. The molecule has 5 atom stereocenters. The second kappa shape index (κ2) is 6.57. The van der Waals surface area contributed by atoms with Crippen molar-refractivity contribution in [1.29, 1.82) is 0 Å². The predicted octanol–water partition coefficient (Wildman–Crippen LogP) is 2.80. The zero-order valence-corrected chi connectivity index (χ0v) is 14.7. The van der Waals surface area contributed by atoms with Gasteiger partial charge in [-0.15, -0.1) is 0 Å². The maximum Gasteiger partial charge on any atom is 0.409 e. The molecule has 0 aromatic carbocycles. The molecule has 0 spiro atoms. The highest BCUT2D eigenvalue weighted by atomic mass is 16.6. The first kappa shape index (κ1) is 16.2. The Kier molecular flexibility index (Phi) is 4.44. The summed E-state index contributed by atoms with van der Waals surface area (Å²) >= 11 is 0. The van der Waals surface area contributed by atoms with Gasteiger partial charge in [-0.3, -0.25) is 4.79 Å². The van der Waals surface area contributed by atoms with Gasteiger partial charge in [-0.25, -0.2) is 4.79 Å². The van der Waals surface area contributed by atoms with Crippen molar-refractivity contribution in [3.63, 3.8) is 0 Å². The van der Waals surface area contributed by atoms with Crippen LogP contribution in [-0.2, 0) is 9.53 Å². The van der Waals surface area contributed by atoms with Gasteiger partial charge in [0.1, 0.15) is 0 Å². The van der Waals surface area contributed by atoms with Gasteiger partial charge in [0.25, 0.3) is 0 Å². The third-order valence-corrected chi connectivity index (χ3v) is 7.15. The molecule has 1 aliphatic heterocycles. The van der Waals surface area contributed by atoms with Crippen molar-refractivity contribution in [2.45, 2.75) is 57.9 Å². The molecule has 2 amide bonds. The van der Waals surface area contributed by atoms with Crippen LogP contribution in [0.1, 0.15) is 51.9 Å². The summed E-state index contributed by atoms with van der Waals surface area (Å²) in [7, 11) is 0. The second-order valence-electron chi connectivity index (χ2n) is 8.23. The van der Waals surface area contributed by atoms with Crippen molar-refractivity contribution in [3.05, 3.63) is 0 Å². The third kappa shape index (κ3) is 2.80. The van der Waals surface area contributed by atoms with Crippen LogP contribution in [0.3, 0.4) is 0 Å². The van der Waals surface area contributed by atoms with Crippen LogP contribution in [-0.4, -0.2) is 42.6 Å². The second-order valence-corrected chi connectivity index (χ2v) is 8.23. The first-order valence-electron chi connectivity index (χ1n) is 9.89. The molecule has 0 unspecified atom stereocenters. The van der Waals surface area contributed by atoms with Gasteiger partial charge in [0.2, 0.25) is 5.91 Å². The van der Waals surface area contributed by atoms with Gasteiger partial charge < -0.3 is 15.0 Å². The number of nitrogens with one attached hydrogen (secondary N) is 1.